The molecule has 0 aliphatic carbocycles. The Kier molecular flexibility index (Phi) is 5.94. The molecule has 1 aliphatic heterocycles. The quantitative estimate of drug-likeness (QED) is 0.765. The van der Waals surface area contributed by atoms with Gasteiger partial charge in [-0.3, -0.25) is 0 Å². The molecular weight excluding hydrogens is 390 g/mol. The molecule has 0 amide bonds. The van der Waals surface area contributed by atoms with Gasteiger partial charge in [0.15, 0.2) is 0 Å². The Hall–Kier alpha value is -2.14. The second-order valence-corrected chi connectivity index (χ2v) is 6.67. The minimum atomic E-state index is -4.86. The Bertz CT molecular complexity index is 735. The van der Waals surface area contributed by atoms with Crippen molar-refractivity contribution in [1.29, 1.82) is 0 Å². The predicted octanol–water partition coefficient (Wildman–Crippen LogP) is 3.83. The van der Waals surface area contributed by atoms with E-state index in [0.29, 0.717) is 18.7 Å². The summed E-state index contributed by atoms with van der Waals surface area (Å²) in [4.78, 5) is 0. The van der Waals surface area contributed by atoms with Crippen molar-refractivity contribution in [3.8, 4) is 0 Å². The van der Waals surface area contributed by atoms with Gasteiger partial charge in [0.2, 0.25) is 0 Å². The zero-order valence-corrected chi connectivity index (χ0v) is 14.6. The average Bonchev–Trinajstić information content (AvgIpc) is 3.15. The van der Waals surface area contributed by atoms with Crippen molar-refractivity contribution in [2.24, 2.45) is 0 Å². The summed E-state index contributed by atoms with van der Waals surface area (Å²) in [6, 6.07) is 1.65. The van der Waals surface area contributed by atoms with Gasteiger partial charge in [0.25, 0.3) is 0 Å². The lowest BCUT2D eigenvalue weighted by atomic mass is 10.0. The number of hydrogen-bond donors (Lipinski definition) is 1. The van der Waals surface area contributed by atoms with Crippen LogP contribution >= 0.6 is 0 Å². The minimum absolute atomic E-state index is 0.0272. The maximum absolute atomic E-state index is 12.9. The largest absolute Gasteiger partial charge is 0.416 e. The summed E-state index contributed by atoms with van der Waals surface area (Å²) >= 11 is 0. The summed E-state index contributed by atoms with van der Waals surface area (Å²) in [6.07, 6.45) is -4.90. The maximum Gasteiger partial charge on any atom is 0.416 e. The van der Waals surface area contributed by atoms with Crippen LogP contribution in [0.1, 0.15) is 35.6 Å². The second-order valence-electron chi connectivity index (χ2n) is 6.67. The number of piperidine rings is 1. The SMILES string of the molecule is FC(F)(F)c1cc(COC[C@@H]2CC[C@H](n3cnnc3)CN2)cc(C(F)(F)F)c1. The predicted molar refractivity (Wildman–Crippen MR) is 86.2 cm³/mol. The number of aromatic nitrogens is 3. The zero-order chi connectivity index (χ0) is 20.4. The Balaban J connectivity index is 1.56. The van der Waals surface area contributed by atoms with E-state index in [9.17, 15) is 26.3 Å². The molecule has 5 nitrogen and oxygen atoms in total. The van der Waals surface area contributed by atoms with Crippen LogP contribution in [0.15, 0.2) is 30.9 Å². The monoisotopic (exact) mass is 408 g/mol. The van der Waals surface area contributed by atoms with Crippen molar-refractivity contribution in [1.82, 2.24) is 20.1 Å². The van der Waals surface area contributed by atoms with Crippen LogP contribution in [0.2, 0.25) is 0 Å². The van der Waals surface area contributed by atoms with E-state index in [1.807, 2.05) is 4.57 Å². The molecule has 0 radical (unpaired) electrons. The third kappa shape index (κ3) is 5.22. The first-order valence-electron chi connectivity index (χ1n) is 8.56. The number of ether oxygens (including phenoxy) is 1. The van der Waals surface area contributed by atoms with Crippen LogP contribution in [0.25, 0.3) is 0 Å². The van der Waals surface area contributed by atoms with Gasteiger partial charge < -0.3 is 14.6 Å². The van der Waals surface area contributed by atoms with E-state index < -0.39 is 23.5 Å². The van der Waals surface area contributed by atoms with E-state index in [4.69, 9.17) is 4.74 Å². The Morgan fingerprint density at radius 3 is 2.07 bits per heavy atom. The smallest absolute Gasteiger partial charge is 0.375 e. The molecule has 1 aromatic heterocycles. The van der Waals surface area contributed by atoms with Crippen LogP contribution in [0.3, 0.4) is 0 Å². The Morgan fingerprint density at radius 1 is 0.964 bits per heavy atom. The van der Waals surface area contributed by atoms with E-state index in [1.54, 1.807) is 12.7 Å². The second kappa shape index (κ2) is 8.08. The minimum Gasteiger partial charge on any atom is -0.375 e. The fraction of sp³-hybridized carbons (Fsp3) is 0.529. The lowest BCUT2D eigenvalue weighted by Crippen LogP contribution is -2.42. The summed E-state index contributed by atoms with van der Waals surface area (Å²) in [7, 11) is 0. The number of rotatable bonds is 5. The number of alkyl halides is 6. The molecule has 3 rings (SSSR count). The molecule has 11 heteroatoms. The topological polar surface area (TPSA) is 52.0 Å². The van der Waals surface area contributed by atoms with Crippen LogP contribution in [0.5, 0.6) is 0 Å². The summed E-state index contributed by atoms with van der Waals surface area (Å²) in [6.45, 7) is 0.500. The molecule has 0 unspecified atom stereocenters. The first kappa shape index (κ1) is 20.6. The average molecular weight is 408 g/mol. The molecule has 0 spiro atoms. The molecule has 154 valence electrons. The van der Waals surface area contributed by atoms with Gasteiger partial charge in [-0.1, -0.05) is 0 Å². The first-order chi connectivity index (χ1) is 13.1. The van der Waals surface area contributed by atoms with E-state index >= 15 is 0 Å². The number of halogens is 6. The van der Waals surface area contributed by atoms with Crippen molar-refractivity contribution < 1.29 is 31.1 Å². The van der Waals surface area contributed by atoms with E-state index in [2.05, 4.69) is 15.5 Å². The highest BCUT2D eigenvalue weighted by molar-refractivity contribution is 5.33. The molecule has 1 N–H and O–H groups in total. The fourth-order valence-electron chi connectivity index (χ4n) is 3.12. The molecular formula is C17H18F6N4O. The normalized spacial score (nSPS) is 21.1. The Morgan fingerprint density at radius 2 is 1.57 bits per heavy atom. The van der Waals surface area contributed by atoms with Crippen LogP contribution < -0.4 is 5.32 Å². The fourth-order valence-corrected chi connectivity index (χ4v) is 3.12. The van der Waals surface area contributed by atoms with Crippen LogP contribution in [-0.4, -0.2) is 34.0 Å². The lowest BCUT2D eigenvalue weighted by Gasteiger charge is -2.30. The van der Waals surface area contributed by atoms with E-state index in [1.165, 1.54) is 0 Å². The van der Waals surface area contributed by atoms with Gasteiger partial charge in [0.05, 0.1) is 24.3 Å². The summed E-state index contributed by atoms with van der Waals surface area (Å²) < 4.78 is 84.5. The molecule has 0 bridgehead atoms. The van der Waals surface area contributed by atoms with Crippen molar-refractivity contribution >= 4 is 0 Å². The third-order valence-electron chi connectivity index (χ3n) is 4.58. The molecule has 1 aliphatic rings. The van der Waals surface area contributed by atoms with Gasteiger partial charge in [-0.05, 0) is 36.6 Å². The number of nitrogens with one attached hydrogen (secondary N) is 1. The summed E-state index contributed by atoms with van der Waals surface area (Å²) in [5, 5.41) is 10.8. The summed E-state index contributed by atoms with van der Waals surface area (Å²) in [5.74, 6) is 0. The van der Waals surface area contributed by atoms with Crippen LogP contribution in [-0.2, 0) is 23.7 Å². The molecule has 1 aromatic carbocycles. The molecule has 0 saturated carbocycles. The Labute approximate surface area is 156 Å². The van der Waals surface area contributed by atoms with E-state index in [-0.39, 0.29) is 36.9 Å². The molecule has 2 heterocycles. The van der Waals surface area contributed by atoms with E-state index in [0.717, 1.165) is 12.8 Å². The highest BCUT2D eigenvalue weighted by atomic mass is 19.4. The van der Waals surface area contributed by atoms with Gasteiger partial charge in [-0.2, -0.15) is 26.3 Å². The van der Waals surface area contributed by atoms with Gasteiger partial charge in [-0.15, -0.1) is 10.2 Å². The molecule has 1 saturated heterocycles. The zero-order valence-electron chi connectivity index (χ0n) is 14.6. The number of hydrogen-bond acceptors (Lipinski definition) is 4. The third-order valence-corrected chi connectivity index (χ3v) is 4.58. The van der Waals surface area contributed by atoms with Crippen molar-refractivity contribution in [3.05, 3.63) is 47.5 Å². The van der Waals surface area contributed by atoms with Crippen LogP contribution in [0.4, 0.5) is 26.3 Å². The molecule has 28 heavy (non-hydrogen) atoms. The van der Waals surface area contributed by atoms with Gasteiger partial charge in [0, 0.05) is 18.6 Å². The maximum atomic E-state index is 12.9. The molecule has 1 fully saturated rings. The summed E-state index contributed by atoms with van der Waals surface area (Å²) in [5.41, 5.74) is -2.85. The standard InChI is InChI=1S/C17H18F6N4O/c18-16(19,20)12-3-11(4-13(5-12)17(21,22)23)7-28-8-14-1-2-15(6-24-14)27-9-25-26-10-27/h3-5,9-10,14-15,24H,1-2,6-8H2/t14-,15-/m0/s1. The van der Waals surface area contributed by atoms with Crippen molar-refractivity contribution in [2.45, 2.75) is 43.9 Å². The first-order valence-corrected chi connectivity index (χ1v) is 8.56. The molecule has 2 aromatic rings. The van der Waals surface area contributed by atoms with Gasteiger partial charge in [-0.25, -0.2) is 0 Å². The van der Waals surface area contributed by atoms with Gasteiger partial charge >= 0.3 is 12.4 Å². The molecule has 2 atom stereocenters. The van der Waals surface area contributed by atoms with Crippen molar-refractivity contribution in [2.75, 3.05) is 13.2 Å². The highest BCUT2D eigenvalue weighted by Gasteiger charge is 2.36. The van der Waals surface area contributed by atoms with Crippen LogP contribution in [0, 0.1) is 0 Å². The highest BCUT2D eigenvalue weighted by Crippen LogP contribution is 2.36. The van der Waals surface area contributed by atoms with Gasteiger partial charge in [0.1, 0.15) is 12.7 Å². The van der Waals surface area contributed by atoms with Crippen molar-refractivity contribution in [3.63, 3.8) is 0 Å². The number of benzene rings is 1. The number of nitrogens with zero attached hydrogens (tertiary/aromatic N) is 3. The lowest BCUT2D eigenvalue weighted by molar-refractivity contribution is -0.143.